The Balaban J connectivity index is 2.32. The van der Waals surface area contributed by atoms with Crippen LogP contribution in [0, 0.1) is 0 Å². The van der Waals surface area contributed by atoms with Gasteiger partial charge in [0.1, 0.15) is 17.2 Å². The molecule has 0 fully saturated rings. The first-order valence-corrected chi connectivity index (χ1v) is 6.25. The molecule has 114 valence electrons. The van der Waals surface area contributed by atoms with E-state index in [1.165, 1.54) is 7.05 Å². The van der Waals surface area contributed by atoms with Crippen LogP contribution in [-0.4, -0.2) is 26.8 Å². The van der Waals surface area contributed by atoms with Crippen LogP contribution in [0.1, 0.15) is 25.5 Å². The number of alkyl halides is 3. The molecule has 0 radical (unpaired) electrons. The summed E-state index contributed by atoms with van der Waals surface area (Å²) in [7, 11) is 1.37. The minimum atomic E-state index is -4.50. The molecular weight excluding hydrogens is 285 g/mol. The Morgan fingerprint density at radius 2 is 2.00 bits per heavy atom. The van der Waals surface area contributed by atoms with Gasteiger partial charge in [-0.3, -0.25) is 0 Å². The van der Waals surface area contributed by atoms with Gasteiger partial charge in [0.05, 0.1) is 6.20 Å². The first kappa shape index (κ1) is 15.1. The van der Waals surface area contributed by atoms with Crippen LogP contribution in [0.15, 0.2) is 18.5 Å². The number of rotatable bonds is 4. The van der Waals surface area contributed by atoms with Crippen molar-refractivity contribution >= 4 is 17.6 Å². The number of nitrogens with one attached hydrogen (secondary N) is 2. The highest BCUT2D eigenvalue weighted by Gasteiger charge is 2.35. The summed E-state index contributed by atoms with van der Waals surface area (Å²) in [5.41, 5.74) is -0.909. The third-order valence-corrected chi connectivity index (χ3v) is 2.73. The lowest BCUT2D eigenvalue weighted by Gasteiger charge is -2.14. The quantitative estimate of drug-likeness (QED) is 0.908. The first-order chi connectivity index (χ1) is 9.82. The number of halogens is 3. The van der Waals surface area contributed by atoms with Crippen LogP contribution in [0.5, 0.6) is 0 Å². The van der Waals surface area contributed by atoms with E-state index in [0.717, 1.165) is 6.20 Å². The number of anilines is 3. The molecule has 0 amide bonds. The predicted octanol–water partition coefficient (Wildman–Crippen LogP) is 3.06. The molecule has 21 heavy (non-hydrogen) atoms. The Morgan fingerprint density at radius 3 is 2.57 bits per heavy atom. The summed E-state index contributed by atoms with van der Waals surface area (Å²) in [6.45, 7) is 3.87. The Kier molecular flexibility index (Phi) is 4.01. The molecule has 0 atom stereocenters. The van der Waals surface area contributed by atoms with Crippen LogP contribution < -0.4 is 10.6 Å². The molecule has 0 aliphatic rings. The van der Waals surface area contributed by atoms with Gasteiger partial charge in [-0.2, -0.15) is 23.3 Å². The first-order valence-electron chi connectivity index (χ1n) is 6.25. The van der Waals surface area contributed by atoms with E-state index < -0.39 is 11.7 Å². The molecule has 0 aromatic carbocycles. The standard InChI is InChI=1S/C12H15F3N6/c1-7(2)21-9(4-5-18-21)19-11-17-6-8(12(13,14)15)10(16-3)20-11/h4-7H,1-3H3,(H2,16,17,19,20). The van der Waals surface area contributed by atoms with E-state index in [1.807, 2.05) is 13.8 Å². The molecule has 0 saturated carbocycles. The van der Waals surface area contributed by atoms with Gasteiger partial charge in [0, 0.05) is 25.4 Å². The molecule has 0 bridgehead atoms. The fraction of sp³-hybridized carbons (Fsp3) is 0.417. The Morgan fingerprint density at radius 1 is 1.29 bits per heavy atom. The molecule has 0 spiro atoms. The zero-order chi connectivity index (χ0) is 15.6. The maximum absolute atomic E-state index is 12.8. The normalized spacial score (nSPS) is 11.8. The van der Waals surface area contributed by atoms with E-state index in [0.29, 0.717) is 5.82 Å². The van der Waals surface area contributed by atoms with Crippen molar-refractivity contribution in [3.05, 3.63) is 24.0 Å². The van der Waals surface area contributed by atoms with Gasteiger partial charge in [0.25, 0.3) is 0 Å². The molecule has 0 unspecified atom stereocenters. The highest BCUT2D eigenvalue weighted by molar-refractivity contribution is 5.53. The molecule has 2 aromatic rings. The van der Waals surface area contributed by atoms with Crippen molar-refractivity contribution in [2.45, 2.75) is 26.1 Å². The van der Waals surface area contributed by atoms with E-state index >= 15 is 0 Å². The summed E-state index contributed by atoms with van der Waals surface area (Å²) < 4.78 is 40.0. The third-order valence-electron chi connectivity index (χ3n) is 2.73. The van der Waals surface area contributed by atoms with Gasteiger partial charge in [0.2, 0.25) is 5.95 Å². The van der Waals surface area contributed by atoms with Crippen molar-refractivity contribution < 1.29 is 13.2 Å². The second kappa shape index (κ2) is 5.58. The lowest BCUT2D eigenvalue weighted by molar-refractivity contribution is -0.137. The van der Waals surface area contributed by atoms with E-state index in [-0.39, 0.29) is 17.8 Å². The largest absolute Gasteiger partial charge is 0.421 e. The van der Waals surface area contributed by atoms with E-state index in [4.69, 9.17) is 0 Å². The highest BCUT2D eigenvalue weighted by atomic mass is 19.4. The molecule has 2 N–H and O–H groups in total. The summed E-state index contributed by atoms with van der Waals surface area (Å²) in [4.78, 5) is 7.54. The van der Waals surface area contributed by atoms with E-state index in [2.05, 4.69) is 25.7 Å². The van der Waals surface area contributed by atoms with Gasteiger partial charge in [-0.15, -0.1) is 0 Å². The van der Waals surface area contributed by atoms with Crippen LogP contribution >= 0.6 is 0 Å². The minimum Gasteiger partial charge on any atom is -0.372 e. The molecule has 6 nitrogen and oxygen atoms in total. The molecule has 9 heteroatoms. The SMILES string of the molecule is CNc1nc(Nc2ccnn2C(C)C)ncc1C(F)(F)F. The summed E-state index contributed by atoms with van der Waals surface area (Å²) in [6, 6.07) is 1.79. The average molecular weight is 300 g/mol. The summed E-state index contributed by atoms with van der Waals surface area (Å²) >= 11 is 0. The second-order valence-corrected chi connectivity index (χ2v) is 4.58. The van der Waals surface area contributed by atoms with E-state index in [9.17, 15) is 13.2 Å². The van der Waals surface area contributed by atoms with Crippen LogP contribution in [0.3, 0.4) is 0 Å². The van der Waals surface area contributed by atoms with Crippen LogP contribution in [0.25, 0.3) is 0 Å². The zero-order valence-electron chi connectivity index (χ0n) is 11.7. The zero-order valence-corrected chi connectivity index (χ0v) is 11.7. The number of hydrogen-bond acceptors (Lipinski definition) is 5. The van der Waals surface area contributed by atoms with Crippen LogP contribution in [0.4, 0.5) is 30.8 Å². The van der Waals surface area contributed by atoms with Crippen molar-refractivity contribution in [1.82, 2.24) is 19.7 Å². The van der Waals surface area contributed by atoms with Gasteiger partial charge in [-0.1, -0.05) is 0 Å². The maximum Gasteiger partial charge on any atom is 0.421 e. The molecular formula is C12H15F3N6. The summed E-state index contributed by atoms with van der Waals surface area (Å²) in [5.74, 6) is 0.386. The molecule has 0 aliphatic carbocycles. The molecule has 0 aliphatic heterocycles. The maximum atomic E-state index is 12.8. The Labute approximate surface area is 119 Å². The lowest BCUT2D eigenvalue weighted by Crippen LogP contribution is -2.13. The van der Waals surface area contributed by atoms with Gasteiger partial charge < -0.3 is 10.6 Å². The summed E-state index contributed by atoms with van der Waals surface area (Å²) in [6.07, 6.45) is -2.17. The molecule has 0 saturated heterocycles. The number of hydrogen-bond donors (Lipinski definition) is 2. The predicted molar refractivity (Wildman–Crippen MR) is 72.5 cm³/mol. The van der Waals surface area contributed by atoms with Crippen molar-refractivity contribution in [3.63, 3.8) is 0 Å². The summed E-state index contributed by atoms with van der Waals surface area (Å²) in [5, 5.41) is 9.40. The Bertz CT molecular complexity index is 620. The monoisotopic (exact) mass is 300 g/mol. The minimum absolute atomic E-state index is 0.0646. The fourth-order valence-electron chi connectivity index (χ4n) is 1.78. The topological polar surface area (TPSA) is 67.7 Å². The van der Waals surface area contributed by atoms with Gasteiger partial charge in [-0.05, 0) is 13.8 Å². The van der Waals surface area contributed by atoms with Gasteiger partial charge in [0.15, 0.2) is 0 Å². The average Bonchev–Trinajstić information content (AvgIpc) is 2.85. The Hall–Kier alpha value is -2.32. The van der Waals surface area contributed by atoms with Crippen molar-refractivity contribution in [2.24, 2.45) is 0 Å². The highest BCUT2D eigenvalue weighted by Crippen LogP contribution is 2.33. The van der Waals surface area contributed by atoms with Crippen molar-refractivity contribution in [2.75, 3.05) is 17.7 Å². The lowest BCUT2D eigenvalue weighted by atomic mass is 10.3. The third kappa shape index (κ3) is 3.23. The van der Waals surface area contributed by atoms with Crippen molar-refractivity contribution in [1.29, 1.82) is 0 Å². The van der Waals surface area contributed by atoms with Crippen LogP contribution in [0.2, 0.25) is 0 Å². The van der Waals surface area contributed by atoms with Gasteiger partial charge >= 0.3 is 6.18 Å². The van der Waals surface area contributed by atoms with E-state index in [1.54, 1.807) is 16.9 Å². The number of nitrogens with zero attached hydrogens (tertiary/aromatic N) is 4. The molecule has 2 rings (SSSR count). The fourth-order valence-corrected chi connectivity index (χ4v) is 1.78. The van der Waals surface area contributed by atoms with Crippen LogP contribution in [-0.2, 0) is 6.18 Å². The smallest absolute Gasteiger partial charge is 0.372 e. The second-order valence-electron chi connectivity index (χ2n) is 4.58. The molecule has 2 aromatic heterocycles. The number of aromatic nitrogens is 4. The molecule has 2 heterocycles. The van der Waals surface area contributed by atoms with Crippen molar-refractivity contribution in [3.8, 4) is 0 Å². The van der Waals surface area contributed by atoms with Gasteiger partial charge in [-0.25, -0.2) is 9.67 Å².